The van der Waals surface area contributed by atoms with E-state index in [4.69, 9.17) is 0 Å². The lowest BCUT2D eigenvalue weighted by molar-refractivity contribution is 0.450. The highest BCUT2D eigenvalue weighted by molar-refractivity contribution is 5.41. The first kappa shape index (κ1) is 12.4. The summed E-state index contributed by atoms with van der Waals surface area (Å²) in [6.45, 7) is 3.22. The second kappa shape index (κ2) is 5.58. The van der Waals surface area contributed by atoms with Gasteiger partial charge in [-0.2, -0.15) is 0 Å². The van der Waals surface area contributed by atoms with Crippen LogP contribution in [0.25, 0.3) is 0 Å². The molecular formula is C18H21N. The molecule has 0 bridgehead atoms. The van der Waals surface area contributed by atoms with Gasteiger partial charge in [-0.15, -0.1) is 0 Å². The lowest BCUT2D eigenvalue weighted by atomic mass is 9.77. The maximum atomic E-state index is 3.61. The van der Waals surface area contributed by atoms with E-state index >= 15 is 0 Å². The van der Waals surface area contributed by atoms with Gasteiger partial charge in [0.25, 0.3) is 0 Å². The van der Waals surface area contributed by atoms with E-state index in [1.807, 2.05) is 0 Å². The molecular weight excluding hydrogens is 230 g/mol. The second-order valence-electron chi connectivity index (χ2n) is 5.28. The highest BCUT2D eigenvalue weighted by Gasteiger charge is 2.26. The normalized spacial score (nSPS) is 21.9. The smallest absolute Gasteiger partial charge is 0.0323 e. The van der Waals surface area contributed by atoms with Crippen molar-refractivity contribution in [3.05, 3.63) is 71.3 Å². The van der Waals surface area contributed by atoms with Gasteiger partial charge in [0, 0.05) is 12.0 Å². The summed E-state index contributed by atoms with van der Waals surface area (Å²) >= 11 is 0. The lowest BCUT2D eigenvalue weighted by Crippen LogP contribution is -2.26. The van der Waals surface area contributed by atoms with Crippen molar-refractivity contribution in [3.63, 3.8) is 0 Å². The number of rotatable bonds is 3. The minimum absolute atomic E-state index is 0.529. The van der Waals surface area contributed by atoms with Crippen molar-refractivity contribution in [1.29, 1.82) is 0 Å². The fraction of sp³-hybridized carbons (Fsp3) is 0.333. The molecule has 1 N–H and O–H groups in total. The van der Waals surface area contributed by atoms with E-state index in [-0.39, 0.29) is 0 Å². The van der Waals surface area contributed by atoms with Gasteiger partial charge in [0.15, 0.2) is 0 Å². The monoisotopic (exact) mass is 251 g/mol. The molecule has 1 heteroatoms. The van der Waals surface area contributed by atoms with Crippen LogP contribution in [-0.2, 0) is 0 Å². The van der Waals surface area contributed by atoms with E-state index < -0.39 is 0 Å². The quantitative estimate of drug-likeness (QED) is 0.859. The summed E-state index contributed by atoms with van der Waals surface area (Å²) in [5, 5.41) is 3.61. The van der Waals surface area contributed by atoms with Crippen LogP contribution in [0.4, 0.5) is 0 Å². The topological polar surface area (TPSA) is 12.0 Å². The molecule has 0 heterocycles. The third-order valence-corrected chi connectivity index (χ3v) is 4.14. The molecule has 0 spiro atoms. The van der Waals surface area contributed by atoms with E-state index in [9.17, 15) is 0 Å². The van der Waals surface area contributed by atoms with E-state index in [0.29, 0.717) is 12.0 Å². The van der Waals surface area contributed by atoms with Gasteiger partial charge in [-0.25, -0.2) is 0 Å². The standard InChI is InChI=1S/C18H21N/c1-2-19-18-13-12-15(14-8-4-3-5-9-14)16-10-6-7-11-17(16)18/h3-11,15,18-19H,2,12-13H2,1H3/t15-,18-/m0/s1. The van der Waals surface area contributed by atoms with Gasteiger partial charge in [0.2, 0.25) is 0 Å². The number of benzene rings is 2. The molecule has 0 aliphatic heterocycles. The van der Waals surface area contributed by atoms with Gasteiger partial charge in [-0.05, 0) is 36.1 Å². The van der Waals surface area contributed by atoms with Crippen molar-refractivity contribution >= 4 is 0 Å². The zero-order valence-corrected chi connectivity index (χ0v) is 11.5. The van der Waals surface area contributed by atoms with Gasteiger partial charge < -0.3 is 5.32 Å². The average molecular weight is 251 g/mol. The third-order valence-electron chi connectivity index (χ3n) is 4.14. The molecule has 1 nitrogen and oxygen atoms in total. The molecule has 1 aliphatic carbocycles. The van der Waals surface area contributed by atoms with Crippen LogP contribution in [0.1, 0.15) is 48.4 Å². The lowest BCUT2D eigenvalue weighted by Gasteiger charge is -2.32. The van der Waals surface area contributed by atoms with Crippen molar-refractivity contribution in [2.24, 2.45) is 0 Å². The zero-order valence-electron chi connectivity index (χ0n) is 11.5. The van der Waals surface area contributed by atoms with Gasteiger partial charge in [0.1, 0.15) is 0 Å². The minimum atomic E-state index is 0.529. The second-order valence-corrected chi connectivity index (χ2v) is 5.28. The molecule has 1 aliphatic rings. The van der Waals surface area contributed by atoms with Gasteiger partial charge in [-0.3, -0.25) is 0 Å². The molecule has 2 atom stereocenters. The van der Waals surface area contributed by atoms with Crippen molar-refractivity contribution in [2.45, 2.75) is 31.7 Å². The first-order valence-corrected chi connectivity index (χ1v) is 7.27. The van der Waals surface area contributed by atoms with Gasteiger partial charge in [0.05, 0.1) is 0 Å². The summed E-state index contributed by atoms with van der Waals surface area (Å²) in [5.41, 5.74) is 4.44. The van der Waals surface area contributed by atoms with Crippen LogP contribution in [-0.4, -0.2) is 6.54 Å². The maximum Gasteiger partial charge on any atom is 0.0323 e. The largest absolute Gasteiger partial charge is 0.310 e. The van der Waals surface area contributed by atoms with E-state index in [0.717, 1.165) is 6.54 Å². The Kier molecular flexibility index (Phi) is 3.65. The SMILES string of the molecule is CCN[C@H]1CC[C@@H](c2ccccc2)c2ccccc21. The zero-order chi connectivity index (χ0) is 13.1. The van der Waals surface area contributed by atoms with Gasteiger partial charge >= 0.3 is 0 Å². The van der Waals surface area contributed by atoms with Crippen LogP contribution < -0.4 is 5.32 Å². The molecule has 0 unspecified atom stereocenters. The number of nitrogens with one attached hydrogen (secondary N) is 1. The Bertz CT molecular complexity index is 532. The van der Waals surface area contributed by atoms with Crippen LogP contribution >= 0.6 is 0 Å². The van der Waals surface area contributed by atoms with Crippen LogP contribution in [0.15, 0.2) is 54.6 Å². The molecule has 0 amide bonds. The predicted molar refractivity (Wildman–Crippen MR) is 80.4 cm³/mol. The summed E-state index contributed by atoms with van der Waals surface area (Å²) in [6, 6.07) is 20.4. The highest BCUT2D eigenvalue weighted by Crippen LogP contribution is 2.40. The number of hydrogen-bond donors (Lipinski definition) is 1. The van der Waals surface area contributed by atoms with Crippen molar-refractivity contribution in [1.82, 2.24) is 5.32 Å². The molecule has 0 fully saturated rings. The number of fused-ring (bicyclic) bond motifs is 1. The Balaban J connectivity index is 1.99. The molecule has 2 aromatic rings. The predicted octanol–water partition coefficient (Wildman–Crippen LogP) is 4.26. The van der Waals surface area contributed by atoms with E-state index in [1.165, 1.54) is 29.5 Å². The minimum Gasteiger partial charge on any atom is -0.310 e. The molecule has 98 valence electrons. The molecule has 19 heavy (non-hydrogen) atoms. The van der Waals surface area contributed by atoms with E-state index in [1.54, 1.807) is 0 Å². The third kappa shape index (κ3) is 2.43. The first-order valence-electron chi connectivity index (χ1n) is 7.27. The molecule has 0 saturated heterocycles. The van der Waals surface area contributed by atoms with Crippen LogP contribution in [0.5, 0.6) is 0 Å². The number of hydrogen-bond acceptors (Lipinski definition) is 1. The summed E-state index contributed by atoms with van der Waals surface area (Å²) in [7, 11) is 0. The summed E-state index contributed by atoms with van der Waals surface area (Å²) in [6.07, 6.45) is 2.46. The van der Waals surface area contributed by atoms with Crippen LogP contribution in [0, 0.1) is 0 Å². The van der Waals surface area contributed by atoms with Crippen molar-refractivity contribution < 1.29 is 0 Å². The molecule has 0 saturated carbocycles. The molecule has 0 radical (unpaired) electrons. The van der Waals surface area contributed by atoms with Crippen LogP contribution in [0.2, 0.25) is 0 Å². The fourth-order valence-electron chi connectivity index (χ4n) is 3.28. The van der Waals surface area contributed by atoms with Gasteiger partial charge in [-0.1, -0.05) is 61.5 Å². The Morgan fingerprint density at radius 1 is 0.895 bits per heavy atom. The summed E-state index contributed by atoms with van der Waals surface area (Å²) < 4.78 is 0. The summed E-state index contributed by atoms with van der Waals surface area (Å²) in [4.78, 5) is 0. The molecule has 3 rings (SSSR count). The Hall–Kier alpha value is -1.60. The highest BCUT2D eigenvalue weighted by atomic mass is 14.9. The fourth-order valence-corrected chi connectivity index (χ4v) is 3.28. The Labute approximate surface area is 115 Å². The maximum absolute atomic E-state index is 3.61. The van der Waals surface area contributed by atoms with Crippen molar-refractivity contribution in [3.8, 4) is 0 Å². The first-order chi connectivity index (χ1) is 9.40. The Morgan fingerprint density at radius 2 is 1.58 bits per heavy atom. The molecule has 2 aromatic carbocycles. The summed E-state index contributed by atoms with van der Waals surface area (Å²) in [5.74, 6) is 0.562. The average Bonchev–Trinajstić information content (AvgIpc) is 2.49. The Morgan fingerprint density at radius 3 is 2.32 bits per heavy atom. The van der Waals surface area contributed by atoms with Crippen molar-refractivity contribution in [2.75, 3.05) is 6.54 Å². The molecule has 0 aromatic heterocycles. The van der Waals surface area contributed by atoms with E-state index in [2.05, 4.69) is 66.8 Å². The van der Waals surface area contributed by atoms with Crippen LogP contribution in [0.3, 0.4) is 0 Å².